The van der Waals surface area contributed by atoms with Gasteiger partial charge in [-0.2, -0.15) is 0 Å². The number of furan rings is 1. The number of anilines is 2. The summed E-state index contributed by atoms with van der Waals surface area (Å²) in [7, 11) is 0. The Balaban J connectivity index is 1.82. The monoisotopic (exact) mass is 459 g/mol. The molecule has 0 spiro atoms. The number of amides is 2. The normalized spacial score (nSPS) is 14.3. The van der Waals surface area contributed by atoms with Crippen LogP contribution in [0.15, 0.2) is 28.9 Å². The standard InChI is InChI=1S/C19H18F5N5O3/c1-8(30)5-25-17-26-6-11(7-27-17)28-18(31)29-19(24,16(22)23)15-9(2)12-3-10(20)4-13(21)14(12)32-15/h3-4,6-8,16,30H,5H2,1-2H3,(H,25,26,27)(H2,28,29,31). The number of aromatic nitrogens is 2. The second-order valence-electron chi connectivity index (χ2n) is 6.94. The van der Waals surface area contributed by atoms with Crippen LogP contribution in [0.4, 0.5) is 38.4 Å². The molecule has 0 fully saturated rings. The minimum atomic E-state index is -3.85. The molecule has 0 aliphatic carbocycles. The van der Waals surface area contributed by atoms with Crippen molar-refractivity contribution in [2.45, 2.75) is 32.2 Å². The molecule has 0 bridgehead atoms. The topological polar surface area (TPSA) is 112 Å². The van der Waals surface area contributed by atoms with Crippen molar-refractivity contribution in [3.05, 3.63) is 47.5 Å². The van der Waals surface area contributed by atoms with Gasteiger partial charge in [0.15, 0.2) is 17.2 Å². The summed E-state index contributed by atoms with van der Waals surface area (Å²) < 4.78 is 74.9. The summed E-state index contributed by atoms with van der Waals surface area (Å²) in [6, 6.07) is -0.137. The number of urea groups is 1. The Morgan fingerprint density at radius 3 is 2.50 bits per heavy atom. The Morgan fingerprint density at radius 1 is 1.25 bits per heavy atom. The number of hydrogen-bond donors (Lipinski definition) is 4. The number of carbonyl (C=O) groups is 1. The molecule has 0 saturated carbocycles. The zero-order valence-corrected chi connectivity index (χ0v) is 16.7. The molecule has 172 valence electrons. The van der Waals surface area contributed by atoms with Crippen LogP contribution in [-0.2, 0) is 5.79 Å². The van der Waals surface area contributed by atoms with Crippen molar-refractivity contribution in [3.8, 4) is 0 Å². The van der Waals surface area contributed by atoms with E-state index in [0.717, 1.165) is 25.4 Å². The maximum absolute atomic E-state index is 15.3. The number of fused-ring (bicyclic) bond motifs is 1. The summed E-state index contributed by atoms with van der Waals surface area (Å²) in [5.74, 6) is -7.02. The van der Waals surface area contributed by atoms with Gasteiger partial charge < -0.3 is 20.2 Å². The minimum Gasteiger partial charge on any atom is -0.452 e. The molecule has 3 aromatic rings. The molecule has 0 saturated heterocycles. The van der Waals surface area contributed by atoms with Crippen molar-refractivity contribution in [1.29, 1.82) is 0 Å². The first kappa shape index (κ1) is 23.2. The van der Waals surface area contributed by atoms with Crippen molar-refractivity contribution in [1.82, 2.24) is 15.3 Å². The highest BCUT2D eigenvalue weighted by Crippen LogP contribution is 2.39. The third kappa shape index (κ3) is 4.72. The molecule has 3 rings (SSSR count). The zero-order valence-electron chi connectivity index (χ0n) is 16.7. The van der Waals surface area contributed by atoms with E-state index in [-0.39, 0.29) is 29.1 Å². The second kappa shape index (κ2) is 8.94. The van der Waals surface area contributed by atoms with Gasteiger partial charge >= 0.3 is 11.8 Å². The number of nitrogens with zero attached hydrogens (tertiary/aromatic N) is 2. The third-order valence-electron chi connectivity index (χ3n) is 4.35. The quantitative estimate of drug-likeness (QED) is 0.316. The fraction of sp³-hybridized carbons (Fsp3) is 0.316. The summed E-state index contributed by atoms with van der Waals surface area (Å²) in [6.07, 6.45) is -2.25. The van der Waals surface area contributed by atoms with Crippen LogP contribution in [0, 0.1) is 18.6 Å². The molecule has 4 N–H and O–H groups in total. The maximum atomic E-state index is 15.3. The number of carbonyl (C=O) groups excluding carboxylic acids is 1. The van der Waals surface area contributed by atoms with Crippen molar-refractivity contribution in [2.24, 2.45) is 0 Å². The third-order valence-corrected chi connectivity index (χ3v) is 4.35. The van der Waals surface area contributed by atoms with Crippen LogP contribution in [0.3, 0.4) is 0 Å². The van der Waals surface area contributed by atoms with E-state index in [1.807, 2.05) is 0 Å². The number of hydrogen-bond acceptors (Lipinski definition) is 6. The van der Waals surface area contributed by atoms with Crippen LogP contribution in [0.5, 0.6) is 0 Å². The average molecular weight is 459 g/mol. The number of alkyl halides is 3. The number of nitrogens with one attached hydrogen (secondary N) is 3. The van der Waals surface area contributed by atoms with Crippen LogP contribution in [0.25, 0.3) is 11.0 Å². The van der Waals surface area contributed by atoms with Crippen LogP contribution >= 0.6 is 0 Å². The van der Waals surface area contributed by atoms with Gasteiger partial charge in [-0.15, -0.1) is 0 Å². The van der Waals surface area contributed by atoms with E-state index in [4.69, 9.17) is 4.42 Å². The molecule has 8 nitrogen and oxygen atoms in total. The van der Waals surface area contributed by atoms with E-state index in [1.54, 1.807) is 0 Å². The number of aliphatic hydroxyl groups excluding tert-OH is 1. The average Bonchev–Trinajstić information content (AvgIpc) is 3.04. The molecule has 2 aromatic heterocycles. The van der Waals surface area contributed by atoms with Crippen LogP contribution < -0.4 is 16.0 Å². The highest BCUT2D eigenvalue weighted by atomic mass is 19.3. The van der Waals surface area contributed by atoms with Gasteiger partial charge in [-0.3, -0.25) is 5.32 Å². The molecule has 1 aromatic carbocycles. The lowest BCUT2D eigenvalue weighted by atomic mass is 10.1. The fourth-order valence-electron chi connectivity index (χ4n) is 2.85. The lowest BCUT2D eigenvalue weighted by Crippen LogP contribution is -2.49. The van der Waals surface area contributed by atoms with Crippen molar-refractivity contribution in [3.63, 3.8) is 0 Å². The molecule has 0 aliphatic rings. The predicted molar refractivity (Wildman–Crippen MR) is 104 cm³/mol. The van der Waals surface area contributed by atoms with E-state index in [0.29, 0.717) is 6.07 Å². The number of halogens is 5. The second-order valence-corrected chi connectivity index (χ2v) is 6.94. The van der Waals surface area contributed by atoms with Crippen LogP contribution in [0.2, 0.25) is 0 Å². The number of aryl methyl sites for hydroxylation is 1. The van der Waals surface area contributed by atoms with E-state index in [2.05, 4.69) is 20.6 Å². The van der Waals surface area contributed by atoms with Gasteiger partial charge in [0, 0.05) is 23.6 Å². The molecular formula is C19H18F5N5O3. The van der Waals surface area contributed by atoms with Crippen molar-refractivity contribution >= 4 is 28.6 Å². The Bertz CT molecular complexity index is 1120. The maximum Gasteiger partial charge on any atom is 0.322 e. The van der Waals surface area contributed by atoms with E-state index < -0.39 is 47.3 Å². The van der Waals surface area contributed by atoms with Crippen LogP contribution in [-0.4, -0.2) is 40.2 Å². The van der Waals surface area contributed by atoms with Gasteiger partial charge in [0.25, 0.3) is 6.43 Å². The first-order valence-corrected chi connectivity index (χ1v) is 9.20. The molecule has 2 amide bonds. The molecule has 13 heteroatoms. The van der Waals surface area contributed by atoms with Gasteiger partial charge in [0.2, 0.25) is 5.95 Å². The molecule has 2 atom stereocenters. The summed E-state index contributed by atoms with van der Waals surface area (Å²) in [4.78, 5) is 19.9. The lowest BCUT2D eigenvalue weighted by molar-refractivity contribution is -0.0664. The smallest absolute Gasteiger partial charge is 0.322 e. The number of rotatable bonds is 7. The fourth-order valence-corrected chi connectivity index (χ4v) is 2.85. The van der Waals surface area contributed by atoms with Crippen LogP contribution in [0.1, 0.15) is 18.2 Å². The summed E-state index contributed by atoms with van der Waals surface area (Å²) in [6.45, 7) is 2.82. The van der Waals surface area contributed by atoms with E-state index in [1.165, 1.54) is 12.2 Å². The van der Waals surface area contributed by atoms with Gasteiger partial charge in [0.1, 0.15) is 5.82 Å². The zero-order chi connectivity index (χ0) is 23.6. The van der Waals surface area contributed by atoms with Gasteiger partial charge in [-0.1, -0.05) is 0 Å². The first-order valence-electron chi connectivity index (χ1n) is 9.20. The molecule has 0 aliphatic heterocycles. The highest BCUT2D eigenvalue weighted by molar-refractivity contribution is 5.90. The minimum absolute atomic E-state index is 0.0591. The van der Waals surface area contributed by atoms with E-state index >= 15 is 4.39 Å². The Kier molecular flexibility index (Phi) is 6.48. The Morgan fingerprint density at radius 2 is 1.91 bits per heavy atom. The summed E-state index contributed by atoms with van der Waals surface area (Å²) in [5.41, 5.74) is -0.994. The molecule has 0 radical (unpaired) electrons. The van der Waals surface area contributed by atoms with Gasteiger partial charge in [-0.05, 0) is 19.9 Å². The van der Waals surface area contributed by atoms with Crippen molar-refractivity contribution in [2.75, 3.05) is 17.2 Å². The molecular weight excluding hydrogens is 441 g/mol. The predicted octanol–water partition coefficient (Wildman–Crippen LogP) is 3.81. The molecule has 2 heterocycles. The SMILES string of the molecule is Cc1c(C(F)(NC(=O)Nc2cnc(NCC(C)O)nc2)C(F)F)oc2c(F)cc(F)cc12. The Hall–Kier alpha value is -3.48. The van der Waals surface area contributed by atoms with Gasteiger partial charge in [-0.25, -0.2) is 36.7 Å². The lowest BCUT2D eigenvalue weighted by Gasteiger charge is -2.24. The molecule has 2 unspecified atom stereocenters. The largest absolute Gasteiger partial charge is 0.452 e. The molecule has 32 heavy (non-hydrogen) atoms. The van der Waals surface area contributed by atoms with Gasteiger partial charge in [0.05, 0.1) is 24.2 Å². The number of benzene rings is 1. The van der Waals surface area contributed by atoms with E-state index in [9.17, 15) is 27.5 Å². The summed E-state index contributed by atoms with van der Waals surface area (Å²) in [5, 5.41) is 15.2. The highest BCUT2D eigenvalue weighted by Gasteiger charge is 2.49. The number of aliphatic hydroxyl groups is 1. The van der Waals surface area contributed by atoms with Crippen molar-refractivity contribution < 1.29 is 36.3 Å². The summed E-state index contributed by atoms with van der Waals surface area (Å²) >= 11 is 0. The first-order chi connectivity index (χ1) is 15.0. The Labute approximate surface area is 177 Å².